The molecule has 0 saturated heterocycles. The molecule has 0 aliphatic heterocycles. The summed E-state index contributed by atoms with van der Waals surface area (Å²) < 4.78 is 14.1. The number of halogens is 2. The molecule has 1 nitrogen and oxygen atoms in total. The topological polar surface area (TPSA) is 12.0 Å². The number of anilines is 1. The van der Waals surface area contributed by atoms with Crippen molar-refractivity contribution >= 4 is 21.6 Å². The van der Waals surface area contributed by atoms with Gasteiger partial charge in [0.1, 0.15) is 5.82 Å². The highest BCUT2D eigenvalue weighted by Crippen LogP contribution is 2.26. The van der Waals surface area contributed by atoms with Crippen molar-refractivity contribution in [3.8, 4) is 0 Å². The minimum atomic E-state index is -0.188. The van der Waals surface area contributed by atoms with Crippen LogP contribution < -0.4 is 5.32 Å². The molecule has 1 aromatic rings. The highest BCUT2D eigenvalue weighted by Gasteiger charge is 2.11. The van der Waals surface area contributed by atoms with E-state index in [1.54, 1.807) is 6.07 Å². The van der Waals surface area contributed by atoms with Gasteiger partial charge in [-0.05, 0) is 53.4 Å². The van der Waals surface area contributed by atoms with Crippen molar-refractivity contribution in [2.75, 3.05) is 5.32 Å². The maximum atomic E-state index is 13.5. The second kappa shape index (κ2) is 10.2. The maximum absolute atomic E-state index is 13.5. The third-order valence-corrected chi connectivity index (χ3v) is 4.55. The monoisotopic (exact) mass is 357 g/mol. The second-order valence-corrected chi connectivity index (χ2v) is 6.77. The van der Waals surface area contributed by atoms with Gasteiger partial charge in [-0.2, -0.15) is 0 Å². The summed E-state index contributed by atoms with van der Waals surface area (Å²) in [6.07, 6.45) is 10.0. The molecule has 0 spiro atoms. The first-order valence-electron chi connectivity index (χ1n) is 8.30. The molecule has 0 amide bonds. The Kier molecular flexibility index (Phi) is 8.98. The minimum absolute atomic E-state index is 0.188. The van der Waals surface area contributed by atoms with Crippen molar-refractivity contribution in [3.05, 3.63) is 28.0 Å². The van der Waals surface area contributed by atoms with Gasteiger partial charge in [0.25, 0.3) is 0 Å². The first-order valence-corrected chi connectivity index (χ1v) is 9.10. The summed E-state index contributed by atoms with van der Waals surface area (Å²) in [7, 11) is 0. The van der Waals surface area contributed by atoms with Gasteiger partial charge >= 0.3 is 0 Å². The average molecular weight is 358 g/mol. The van der Waals surface area contributed by atoms with Crippen molar-refractivity contribution < 1.29 is 4.39 Å². The number of hydrogen-bond acceptors (Lipinski definition) is 1. The fraction of sp³-hybridized carbons (Fsp3) is 0.667. The fourth-order valence-corrected chi connectivity index (χ4v) is 2.94. The van der Waals surface area contributed by atoms with Crippen molar-refractivity contribution in [3.63, 3.8) is 0 Å². The summed E-state index contributed by atoms with van der Waals surface area (Å²) >= 11 is 3.28. The Morgan fingerprint density at radius 3 is 2.14 bits per heavy atom. The molecular formula is C18H29BrFN. The third kappa shape index (κ3) is 6.82. The van der Waals surface area contributed by atoms with Crippen LogP contribution in [0.4, 0.5) is 10.1 Å². The SMILES string of the molecule is CCCCCC(CCCCC)Nc1cc(Br)c(F)cc1C. The van der Waals surface area contributed by atoms with Gasteiger partial charge in [-0.3, -0.25) is 0 Å². The largest absolute Gasteiger partial charge is 0.382 e. The second-order valence-electron chi connectivity index (χ2n) is 5.91. The Labute approximate surface area is 137 Å². The van der Waals surface area contributed by atoms with Crippen LogP contribution in [-0.4, -0.2) is 6.04 Å². The summed E-state index contributed by atoms with van der Waals surface area (Å²) in [5, 5.41) is 3.64. The molecule has 0 unspecified atom stereocenters. The number of benzene rings is 1. The Bertz CT molecular complexity index is 410. The van der Waals surface area contributed by atoms with Crippen LogP contribution in [0.5, 0.6) is 0 Å². The van der Waals surface area contributed by atoms with E-state index in [9.17, 15) is 4.39 Å². The Morgan fingerprint density at radius 2 is 1.62 bits per heavy atom. The fourth-order valence-electron chi connectivity index (χ4n) is 2.59. The molecule has 1 aromatic carbocycles. The van der Waals surface area contributed by atoms with E-state index in [2.05, 4.69) is 35.1 Å². The van der Waals surface area contributed by atoms with E-state index < -0.39 is 0 Å². The van der Waals surface area contributed by atoms with Gasteiger partial charge in [0.15, 0.2) is 0 Å². The van der Waals surface area contributed by atoms with Gasteiger partial charge in [-0.1, -0.05) is 52.4 Å². The van der Waals surface area contributed by atoms with Crippen LogP contribution in [0.2, 0.25) is 0 Å². The summed E-state index contributed by atoms with van der Waals surface area (Å²) in [6.45, 7) is 6.44. The lowest BCUT2D eigenvalue weighted by atomic mass is 10.0. The molecule has 0 aliphatic carbocycles. The van der Waals surface area contributed by atoms with Crippen LogP contribution in [0.3, 0.4) is 0 Å². The molecule has 0 aliphatic rings. The van der Waals surface area contributed by atoms with E-state index >= 15 is 0 Å². The van der Waals surface area contributed by atoms with Gasteiger partial charge in [0.2, 0.25) is 0 Å². The van der Waals surface area contributed by atoms with E-state index in [0.717, 1.165) is 11.3 Å². The third-order valence-electron chi connectivity index (χ3n) is 3.94. The summed E-state index contributed by atoms with van der Waals surface area (Å²) in [4.78, 5) is 0. The van der Waals surface area contributed by atoms with Crippen LogP contribution in [0.25, 0.3) is 0 Å². The smallest absolute Gasteiger partial charge is 0.137 e. The normalized spacial score (nSPS) is 11.1. The quantitative estimate of drug-likeness (QED) is 0.452. The zero-order valence-corrected chi connectivity index (χ0v) is 15.2. The average Bonchev–Trinajstić information content (AvgIpc) is 2.45. The lowest BCUT2D eigenvalue weighted by Gasteiger charge is -2.21. The van der Waals surface area contributed by atoms with Crippen LogP contribution in [-0.2, 0) is 0 Å². The maximum Gasteiger partial charge on any atom is 0.137 e. The van der Waals surface area contributed by atoms with Crippen molar-refractivity contribution in [1.82, 2.24) is 0 Å². The van der Waals surface area contributed by atoms with E-state index in [0.29, 0.717) is 10.5 Å². The van der Waals surface area contributed by atoms with E-state index in [-0.39, 0.29) is 5.82 Å². The molecule has 0 bridgehead atoms. The molecule has 0 aromatic heterocycles. The first-order chi connectivity index (χ1) is 10.1. The van der Waals surface area contributed by atoms with Gasteiger partial charge < -0.3 is 5.32 Å². The van der Waals surface area contributed by atoms with Gasteiger partial charge in [0.05, 0.1) is 4.47 Å². The Balaban J connectivity index is 2.67. The molecule has 3 heteroatoms. The lowest BCUT2D eigenvalue weighted by molar-refractivity contribution is 0.526. The Morgan fingerprint density at radius 1 is 1.05 bits per heavy atom. The molecule has 120 valence electrons. The highest BCUT2D eigenvalue weighted by atomic mass is 79.9. The number of aryl methyl sites for hydroxylation is 1. The van der Waals surface area contributed by atoms with Crippen molar-refractivity contribution in [2.45, 2.75) is 78.2 Å². The predicted octanol–water partition coefficient (Wildman–Crippen LogP) is 6.84. The van der Waals surface area contributed by atoms with Crippen molar-refractivity contribution in [1.29, 1.82) is 0 Å². The van der Waals surface area contributed by atoms with E-state index in [4.69, 9.17) is 0 Å². The number of unbranched alkanes of at least 4 members (excludes halogenated alkanes) is 4. The van der Waals surface area contributed by atoms with E-state index in [1.165, 1.54) is 51.4 Å². The molecule has 1 rings (SSSR count). The number of hydrogen-bond donors (Lipinski definition) is 1. The lowest BCUT2D eigenvalue weighted by Crippen LogP contribution is -2.20. The molecular weight excluding hydrogens is 329 g/mol. The van der Waals surface area contributed by atoms with Gasteiger partial charge in [-0.15, -0.1) is 0 Å². The number of rotatable bonds is 10. The summed E-state index contributed by atoms with van der Waals surface area (Å²) in [6, 6.07) is 3.97. The standard InChI is InChI=1S/C18H29BrFN/c1-4-6-8-10-15(11-9-7-5-2)21-18-13-16(19)17(20)12-14(18)3/h12-13,15,21H,4-11H2,1-3H3. The molecule has 0 radical (unpaired) electrons. The van der Waals surface area contributed by atoms with Gasteiger partial charge in [0, 0.05) is 11.7 Å². The van der Waals surface area contributed by atoms with E-state index in [1.807, 2.05) is 13.0 Å². The molecule has 21 heavy (non-hydrogen) atoms. The highest BCUT2D eigenvalue weighted by molar-refractivity contribution is 9.10. The molecule has 0 saturated carbocycles. The number of nitrogens with one attached hydrogen (secondary N) is 1. The molecule has 0 fully saturated rings. The Hall–Kier alpha value is -0.570. The van der Waals surface area contributed by atoms with Crippen LogP contribution in [0, 0.1) is 12.7 Å². The van der Waals surface area contributed by atoms with Crippen LogP contribution in [0.15, 0.2) is 16.6 Å². The van der Waals surface area contributed by atoms with Crippen LogP contribution >= 0.6 is 15.9 Å². The molecule has 0 atom stereocenters. The summed E-state index contributed by atoms with van der Waals surface area (Å²) in [5.41, 5.74) is 2.04. The molecule has 1 N–H and O–H groups in total. The predicted molar refractivity (Wildman–Crippen MR) is 94.5 cm³/mol. The summed E-state index contributed by atoms with van der Waals surface area (Å²) in [5.74, 6) is -0.188. The first kappa shape index (κ1) is 18.5. The molecule has 0 heterocycles. The van der Waals surface area contributed by atoms with Gasteiger partial charge in [-0.25, -0.2) is 4.39 Å². The zero-order valence-electron chi connectivity index (χ0n) is 13.6. The van der Waals surface area contributed by atoms with Crippen LogP contribution in [0.1, 0.15) is 70.8 Å². The van der Waals surface area contributed by atoms with Crippen molar-refractivity contribution in [2.24, 2.45) is 0 Å². The zero-order chi connectivity index (χ0) is 15.7. The minimum Gasteiger partial charge on any atom is -0.382 e.